The zero-order chi connectivity index (χ0) is 12.6. The monoisotopic (exact) mass is 248 g/mol. The molecule has 0 unspecified atom stereocenters. The van der Waals surface area contributed by atoms with Crippen LogP contribution in [0.2, 0.25) is 0 Å². The van der Waals surface area contributed by atoms with E-state index in [4.69, 9.17) is 4.74 Å². The van der Waals surface area contributed by atoms with Crippen LogP contribution in [0.5, 0.6) is 5.75 Å². The zero-order valence-electron chi connectivity index (χ0n) is 11.3. The number of hydrogen-bond donors (Lipinski definition) is 1. The van der Waals surface area contributed by atoms with Crippen LogP contribution in [-0.4, -0.2) is 37.7 Å². The second kappa shape index (κ2) is 7.39. The predicted octanol–water partition coefficient (Wildman–Crippen LogP) is 2.27. The first kappa shape index (κ1) is 13.4. The average Bonchev–Trinajstić information content (AvgIpc) is 2.41. The van der Waals surface area contributed by atoms with Crippen molar-refractivity contribution in [1.82, 2.24) is 10.2 Å². The third kappa shape index (κ3) is 4.31. The molecule has 1 fully saturated rings. The molecule has 0 bridgehead atoms. The van der Waals surface area contributed by atoms with Crippen LogP contribution in [0.15, 0.2) is 24.3 Å². The summed E-state index contributed by atoms with van der Waals surface area (Å²) in [4.78, 5) is 2.49. The van der Waals surface area contributed by atoms with Gasteiger partial charge in [-0.15, -0.1) is 0 Å². The van der Waals surface area contributed by atoms with Gasteiger partial charge in [0.2, 0.25) is 0 Å². The fourth-order valence-corrected chi connectivity index (χ4v) is 2.20. The van der Waals surface area contributed by atoms with Gasteiger partial charge in [-0.25, -0.2) is 0 Å². The van der Waals surface area contributed by atoms with Gasteiger partial charge in [-0.1, -0.05) is 25.5 Å². The number of nitrogens with one attached hydrogen (secondary N) is 1. The van der Waals surface area contributed by atoms with Gasteiger partial charge >= 0.3 is 0 Å². The Morgan fingerprint density at radius 2 is 2.11 bits per heavy atom. The molecular weight excluding hydrogens is 224 g/mol. The van der Waals surface area contributed by atoms with Crippen molar-refractivity contribution in [2.75, 3.05) is 32.8 Å². The van der Waals surface area contributed by atoms with Gasteiger partial charge in [0, 0.05) is 32.7 Å². The van der Waals surface area contributed by atoms with Crippen LogP contribution < -0.4 is 10.1 Å². The molecule has 2 rings (SSSR count). The minimum Gasteiger partial charge on any atom is -0.494 e. The van der Waals surface area contributed by atoms with Crippen LogP contribution in [0.1, 0.15) is 25.3 Å². The highest BCUT2D eigenvalue weighted by molar-refractivity contribution is 5.28. The lowest BCUT2D eigenvalue weighted by Crippen LogP contribution is -2.42. The van der Waals surface area contributed by atoms with Crippen molar-refractivity contribution in [3.05, 3.63) is 29.8 Å². The Balaban J connectivity index is 1.85. The van der Waals surface area contributed by atoms with Crippen molar-refractivity contribution in [1.29, 1.82) is 0 Å². The smallest absolute Gasteiger partial charge is 0.119 e. The Morgan fingerprint density at radius 1 is 1.28 bits per heavy atom. The topological polar surface area (TPSA) is 24.5 Å². The highest BCUT2D eigenvalue weighted by Gasteiger charge is 2.09. The molecule has 1 aromatic rings. The van der Waals surface area contributed by atoms with E-state index in [1.807, 2.05) is 0 Å². The highest BCUT2D eigenvalue weighted by Crippen LogP contribution is 2.15. The van der Waals surface area contributed by atoms with Gasteiger partial charge in [0.05, 0.1) is 6.61 Å². The van der Waals surface area contributed by atoms with Gasteiger partial charge in [-0.3, -0.25) is 4.90 Å². The van der Waals surface area contributed by atoms with E-state index in [0.29, 0.717) is 0 Å². The van der Waals surface area contributed by atoms with Crippen molar-refractivity contribution >= 4 is 0 Å². The van der Waals surface area contributed by atoms with Crippen LogP contribution in [0.4, 0.5) is 0 Å². The highest BCUT2D eigenvalue weighted by atomic mass is 16.5. The minimum atomic E-state index is 0.827. The Morgan fingerprint density at radius 3 is 2.89 bits per heavy atom. The maximum Gasteiger partial charge on any atom is 0.119 e. The van der Waals surface area contributed by atoms with Crippen molar-refractivity contribution in [3.8, 4) is 5.75 Å². The summed E-state index contributed by atoms with van der Waals surface area (Å²) in [6, 6.07) is 8.52. The summed E-state index contributed by atoms with van der Waals surface area (Å²) in [5.41, 5.74) is 1.35. The first-order valence-electron chi connectivity index (χ1n) is 7.03. The molecule has 1 saturated heterocycles. The van der Waals surface area contributed by atoms with Gasteiger partial charge in [0.1, 0.15) is 5.75 Å². The van der Waals surface area contributed by atoms with Gasteiger partial charge in [0.25, 0.3) is 0 Å². The molecule has 0 aliphatic carbocycles. The maximum atomic E-state index is 5.75. The summed E-state index contributed by atoms with van der Waals surface area (Å²) in [7, 11) is 0. The molecule has 100 valence electrons. The summed E-state index contributed by atoms with van der Waals surface area (Å²) >= 11 is 0. The molecule has 0 radical (unpaired) electrons. The quantitative estimate of drug-likeness (QED) is 0.782. The molecule has 3 heteroatoms. The van der Waals surface area contributed by atoms with Crippen molar-refractivity contribution in [2.24, 2.45) is 0 Å². The zero-order valence-corrected chi connectivity index (χ0v) is 11.3. The minimum absolute atomic E-state index is 0.827. The van der Waals surface area contributed by atoms with Crippen molar-refractivity contribution in [2.45, 2.75) is 26.3 Å². The number of hydrogen-bond acceptors (Lipinski definition) is 3. The number of rotatable bonds is 6. The van der Waals surface area contributed by atoms with E-state index in [2.05, 4.69) is 41.4 Å². The number of ether oxygens (including phenoxy) is 1. The standard InChI is InChI=1S/C15H24N2O/c1-2-3-11-18-15-6-4-5-14(12-15)13-17-9-7-16-8-10-17/h4-6,12,16H,2-3,7-11,13H2,1H3. The molecular formula is C15H24N2O. The van der Waals surface area contributed by atoms with Crippen molar-refractivity contribution < 1.29 is 4.74 Å². The van der Waals surface area contributed by atoms with Gasteiger partial charge < -0.3 is 10.1 Å². The Labute approximate surface area is 110 Å². The molecule has 1 heterocycles. The first-order chi connectivity index (χ1) is 8.88. The van der Waals surface area contributed by atoms with Crippen LogP contribution >= 0.6 is 0 Å². The summed E-state index contributed by atoms with van der Waals surface area (Å²) < 4.78 is 5.75. The Bertz CT molecular complexity index is 348. The SMILES string of the molecule is CCCCOc1cccc(CN2CCNCC2)c1. The van der Waals surface area contributed by atoms with E-state index >= 15 is 0 Å². The second-order valence-corrected chi connectivity index (χ2v) is 4.88. The van der Waals surface area contributed by atoms with Gasteiger partial charge in [-0.2, -0.15) is 0 Å². The molecule has 0 saturated carbocycles. The number of piperazine rings is 1. The number of nitrogens with zero attached hydrogens (tertiary/aromatic N) is 1. The summed E-state index contributed by atoms with van der Waals surface area (Å²) in [6.07, 6.45) is 2.31. The number of unbranched alkanes of at least 4 members (excludes halogenated alkanes) is 1. The van der Waals surface area contributed by atoms with Crippen molar-refractivity contribution in [3.63, 3.8) is 0 Å². The van der Waals surface area contributed by atoms with E-state index in [9.17, 15) is 0 Å². The molecule has 0 spiro atoms. The third-order valence-electron chi connectivity index (χ3n) is 3.28. The first-order valence-corrected chi connectivity index (χ1v) is 7.03. The van der Waals surface area contributed by atoms with Gasteiger partial charge in [0.15, 0.2) is 0 Å². The molecule has 0 atom stereocenters. The van der Waals surface area contributed by atoms with Crippen LogP contribution in [-0.2, 0) is 6.54 Å². The Hall–Kier alpha value is -1.06. The van der Waals surface area contributed by atoms with E-state index in [1.165, 1.54) is 12.0 Å². The lowest BCUT2D eigenvalue weighted by Gasteiger charge is -2.27. The summed E-state index contributed by atoms with van der Waals surface area (Å²) in [6.45, 7) is 8.53. The van der Waals surface area contributed by atoms with E-state index in [0.717, 1.165) is 51.5 Å². The molecule has 1 aromatic carbocycles. The Kier molecular flexibility index (Phi) is 5.49. The van der Waals surface area contributed by atoms with Gasteiger partial charge in [-0.05, 0) is 24.1 Å². The lowest BCUT2D eigenvalue weighted by atomic mass is 10.2. The van der Waals surface area contributed by atoms with E-state index in [-0.39, 0.29) is 0 Å². The molecule has 3 nitrogen and oxygen atoms in total. The summed E-state index contributed by atoms with van der Waals surface area (Å²) in [5, 5.41) is 3.38. The predicted molar refractivity (Wildman–Crippen MR) is 75.0 cm³/mol. The van der Waals surface area contributed by atoms with Crippen LogP contribution in [0.25, 0.3) is 0 Å². The van der Waals surface area contributed by atoms with E-state index < -0.39 is 0 Å². The molecule has 1 aliphatic heterocycles. The molecule has 1 N–H and O–H groups in total. The average molecular weight is 248 g/mol. The van der Waals surface area contributed by atoms with E-state index in [1.54, 1.807) is 0 Å². The third-order valence-corrected chi connectivity index (χ3v) is 3.28. The summed E-state index contributed by atoms with van der Waals surface area (Å²) in [5.74, 6) is 1.01. The largest absolute Gasteiger partial charge is 0.494 e. The molecule has 1 aliphatic rings. The molecule has 0 aromatic heterocycles. The number of benzene rings is 1. The second-order valence-electron chi connectivity index (χ2n) is 4.88. The fraction of sp³-hybridized carbons (Fsp3) is 0.600. The normalized spacial score (nSPS) is 16.7. The van der Waals surface area contributed by atoms with Crippen LogP contribution in [0.3, 0.4) is 0 Å². The molecule has 0 amide bonds. The maximum absolute atomic E-state index is 5.75. The van der Waals surface area contributed by atoms with Crippen LogP contribution in [0, 0.1) is 0 Å². The molecule has 18 heavy (non-hydrogen) atoms. The fourth-order valence-electron chi connectivity index (χ4n) is 2.20. The lowest BCUT2D eigenvalue weighted by molar-refractivity contribution is 0.232.